The van der Waals surface area contributed by atoms with Gasteiger partial charge in [0.15, 0.2) is 0 Å². The van der Waals surface area contributed by atoms with Crippen molar-refractivity contribution >= 4 is 16.8 Å². The number of halogens is 2. The molecule has 1 aliphatic heterocycles. The minimum atomic E-state index is -0.330. The van der Waals surface area contributed by atoms with Crippen molar-refractivity contribution in [3.63, 3.8) is 0 Å². The monoisotopic (exact) mass is 490 g/mol. The average Bonchev–Trinajstić information content (AvgIpc) is 3.22. The summed E-state index contributed by atoms with van der Waals surface area (Å²) < 4.78 is 33.8. The molecule has 0 bridgehead atoms. The van der Waals surface area contributed by atoms with Gasteiger partial charge in [0.05, 0.1) is 6.67 Å². The van der Waals surface area contributed by atoms with Gasteiger partial charge in [0, 0.05) is 30.9 Å². The molecule has 1 heterocycles. The summed E-state index contributed by atoms with van der Waals surface area (Å²) in [6.07, 6.45) is 3.94. The number of allylic oxidation sites excluding steroid dienone is 1. The van der Waals surface area contributed by atoms with Gasteiger partial charge in [-0.05, 0) is 102 Å². The second-order valence-corrected chi connectivity index (χ2v) is 9.68. The highest BCUT2D eigenvalue weighted by Crippen LogP contribution is 2.42. The van der Waals surface area contributed by atoms with Gasteiger partial charge >= 0.3 is 0 Å². The second-order valence-electron chi connectivity index (χ2n) is 9.68. The van der Waals surface area contributed by atoms with Gasteiger partial charge in [-0.1, -0.05) is 18.2 Å². The lowest BCUT2D eigenvalue weighted by molar-refractivity contribution is 0.198. The summed E-state index contributed by atoms with van der Waals surface area (Å²) in [7, 11) is 0. The minimum Gasteiger partial charge on any atom is -0.508 e. The second kappa shape index (κ2) is 10.7. The van der Waals surface area contributed by atoms with E-state index in [1.54, 1.807) is 18.2 Å². The van der Waals surface area contributed by atoms with Crippen LogP contribution in [0.1, 0.15) is 47.9 Å². The van der Waals surface area contributed by atoms with Crippen LogP contribution in [0.4, 0.5) is 14.5 Å². The van der Waals surface area contributed by atoms with Gasteiger partial charge in [-0.15, -0.1) is 0 Å². The summed E-state index contributed by atoms with van der Waals surface area (Å²) in [5.74, 6) is 0.691. The molecule has 188 valence electrons. The fourth-order valence-electron chi connectivity index (χ4n) is 5.42. The Morgan fingerprint density at radius 3 is 2.58 bits per heavy atom. The number of rotatable bonds is 7. The maximum Gasteiger partial charge on any atom is 0.132 e. The number of nitrogen functional groups attached to an aromatic ring is 1. The highest BCUT2D eigenvalue weighted by Gasteiger charge is 2.25. The molecule has 1 atom stereocenters. The first kappa shape index (κ1) is 24.3. The van der Waals surface area contributed by atoms with Gasteiger partial charge in [0.2, 0.25) is 0 Å². The first-order valence-electron chi connectivity index (χ1n) is 12.7. The number of hydrogen-bond acceptors (Lipinski definition) is 4. The Bertz CT molecular complexity index is 1260. The molecule has 0 saturated carbocycles. The molecule has 0 radical (unpaired) electrons. The molecule has 3 aromatic carbocycles. The number of phenolic OH excluding ortho intramolecular Hbond substituents is 1. The van der Waals surface area contributed by atoms with Crippen molar-refractivity contribution in [1.29, 1.82) is 0 Å². The fraction of sp³-hybridized carbons (Fsp3) is 0.333. The smallest absolute Gasteiger partial charge is 0.132 e. The normalized spacial score (nSPS) is 18.2. The molecule has 3 aromatic rings. The van der Waals surface area contributed by atoms with E-state index in [-0.39, 0.29) is 24.3 Å². The Kier molecular flexibility index (Phi) is 7.23. The van der Waals surface area contributed by atoms with Crippen molar-refractivity contribution in [2.45, 2.75) is 38.2 Å². The summed E-state index contributed by atoms with van der Waals surface area (Å²) in [6.45, 7) is 2.22. The molecule has 1 saturated heterocycles. The maximum atomic E-state index is 15.1. The van der Waals surface area contributed by atoms with E-state index in [9.17, 15) is 9.50 Å². The standard InChI is InChI=1S/C30H32F2N2O2/c31-14-2-15-34-16-13-25(19-34)36-24-9-5-20(6-10-24)30-26-12-8-23(35)17-21(26)3-1-4-28(30)27-11-7-22(33)18-29(27)32/h5-12,17-18,25,35H,1-4,13-16,19,33H2/t25-/m0/s1. The highest BCUT2D eigenvalue weighted by atomic mass is 19.1. The van der Waals surface area contributed by atoms with Crippen LogP contribution in [-0.4, -0.2) is 42.4 Å². The van der Waals surface area contributed by atoms with Crippen LogP contribution in [0.3, 0.4) is 0 Å². The summed E-state index contributed by atoms with van der Waals surface area (Å²) in [4.78, 5) is 2.24. The van der Waals surface area contributed by atoms with E-state index in [0.29, 0.717) is 24.1 Å². The van der Waals surface area contributed by atoms with E-state index in [1.165, 1.54) is 6.07 Å². The number of nitrogens with two attached hydrogens (primary N) is 1. The van der Waals surface area contributed by atoms with Gasteiger partial charge < -0.3 is 15.6 Å². The number of alkyl halides is 1. The molecule has 1 fully saturated rings. The molecule has 4 nitrogen and oxygen atoms in total. The van der Waals surface area contributed by atoms with Crippen LogP contribution in [-0.2, 0) is 6.42 Å². The molecule has 3 N–H and O–H groups in total. The third-order valence-electron chi connectivity index (χ3n) is 7.13. The summed E-state index contributed by atoms with van der Waals surface area (Å²) >= 11 is 0. The fourth-order valence-corrected chi connectivity index (χ4v) is 5.42. The number of fused-ring (bicyclic) bond motifs is 1. The Labute approximate surface area is 211 Å². The van der Waals surface area contributed by atoms with Crippen molar-refractivity contribution in [3.05, 3.63) is 88.7 Å². The Morgan fingerprint density at radius 2 is 1.81 bits per heavy atom. The number of anilines is 1. The van der Waals surface area contributed by atoms with Crippen LogP contribution in [0.25, 0.3) is 11.1 Å². The predicted molar refractivity (Wildman–Crippen MR) is 140 cm³/mol. The number of benzene rings is 3. The molecule has 2 aliphatic rings. The molecule has 0 unspecified atom stereocenters. The maximum absolute atomic E-state index is 15.1. The topological polar surface area (TPSA) is 58.7 Å². The van der Waals surface area contributed by atoms with E-state index in [0.717, 1.165) is 72.5 Å². The number of nitrogens with zero attached hydrogens (tertiary/aromatic N) is 1. The summed E-state index contributed by atoms with van der Waals surface area (Å²) in [5, 5.41) is 10.1. The minimum absolute atomic E-state index is 0.0932. The third kappa shape index (κ3) is 5.24. The number of likely N-dealkylation sites (tertiary alicyclic amines) is 1. The average molecular weight is 491 g/mol. The molecular formula is C30H32F2N2O2. The van der Waals surface area contributed by atoms with E-state index in [2.05, 4.69) is 4.90 Å². The van der Waals surface area contributed by atoms with Crippen molar-refractivity contribution < 1.29 is 18.6 Å². The van der Waals surface area contributed by atoms with Gasteiger partial charge in [-0.25, -0.2) is 4.39 Å². The Morgan fingerprint density at radius 1 is 1.00 bits per heavy atom. The molecular weight excluding hydrogens is 458 g/mol. The number of phenols is 1. The van der Waals surface area contributed by atoms with Crippen molar-refractivity contribution in [2.24, 2.45) is 0 Å². The number of aromatic hydroxyl groups is 1. The molecule has 36 heavy (non-hydrogen) atoms. The number of ether oxygens (including phenoxy) is 1. The Hall–Kier alpha value is -3.38. The lowest BCUT2D eigenvalue weighted by atomic mass is 9.87. The van der Waals surface area contributed by atoms with Crippen molar-refractivity contribution in [3.8, 4) is 11.5 Å². The molecule has 5 rings (SSSR count). The molecule has 6 heteroatoms. The van der Waals surface area contributed by atoms with Crippen LogP contribution >= 0.6 is 0 Å². The molecule has 1 aliphatic carbocycles. The molecule has 0 aromatic heterocycles. The first-order valence-corrected chi connectivity index (χ1v) is 12.7. The largest absolute Gasteiger partial charge is 0.508 e. The SMILES string of the molecule is Nc1ccc(C2=C(c3ccc(O[C@H]4CCN(CCCF)C4)cc3)c3ccc(O)cc3CCC2)c(F)c1. The van der Waals surface area contributed by atoms with Crippen LogP contribution in [0.15, 0.2) is 60.7 Å². The van der Waals surface area contributed by atoms with Gasteiger partial charge in [0.25, 0.3) is 0 Å². The number of aryl methyl sites for hydroxylation is 1. The zero-order chi connectivity index (χ0) is 25.1. The van der Waals surface area contributed by atoms with Gasteiger partial charge in [-0.2, -0.15) is 0 Å². The van der Waals surface area contributed by atoms with Crippen molar-refractivity contribution in [2.75, 3.05) is 32.0 Å². The lowest BCUT2D eigenvalue weighted by Gasteiger charge is -2.19. The van der Waals surface area contributed by atoms with E-state index in [1.807, 2.05) is 36.4 Å². The van der Waals surface area contributed by atoms with E-state index >= 15 is 4.39 Å². The summed E-state index contributed by atoms with van der Waals surface area (Å²) in [5.41, 5.74) is 11.7. The molecule has 0 amide bonds. The van der Waals surface area contributed by atoms with Crippen LogP contribution in [0.2, 0.25) is 0 Å². The third-order valence-corrected chi connectivity index (χ3v) is 7.13. The quantitative estimate of drug-likeness (QED) is 0.386. The Balaban J connectivity index is 1.49. The predicted octanol–water partition coefficient (Wildman–Crippen LogP) is 6.22. The van der Waals surface area contributed by atoms with Crippen LogP contribution in [0, 0.1) is 5.82 Å². The van der Waals surface area contributed by atoms with E-state index in [4.69, 9.17) is 10.5 Å². The van der Waals surface area contributed by atoms with Crippen LogP contribution in [0.5, 0.6) is 11.5 Å². The number of hydrogen-bond donors (Lipinski definition) is 2. The first-order chi connectivity index (χ1) is 17.5. The lowest BCUT2D eigenvalue weighted by Crippen LogP contribution is -2.26. The van der Waals surface area contributed by atoms with Crippen LogP contribution < -0.4 is 10.5 Å². The van der Waals surface area contributed by atoms with E-state index < -0.39 is 0 Å². The zero-order valence-corrected chi connectivity index (χ0v) is 20.4. The highest BCUT2D eigenvalue weighted by molar-refractivity contribution is 6.00. The van der Waals surface area contributed by atoms with Gasteiger partial charge in [-0.3, -0.25) is 9.29 Å². The molecule has 0 spiro atoms. The van der Waals surface area contributed by atoms with Crippen molar-refractivity contribution in [1.82, 2.24) is 4.90 Å². The zero-order valence-electron chi connectivity index (χ0n) is 20.4. The summed E-state index contributed by atoms with van der Waals surface area (Å²) in [6, 6.07) is 18.3. The van der Waals surface area contributed by atoms with Gasteiger partial charge in [0.1, 0.15) is 23.4 Å².